The first-order valence-corrected chi connectivity index (χ1v) is 6.59. The number of aliphatic hydroxyl groups is 2. The van der Waals surface area contributed by atoms with E-state index in [4.69, 9.17) is 5.11 Å². The summed E-state index contributed by atoms with van der Waals surface area (Å²) < 4.78 is 0. The van der Waals surface area contributed by atoms with Crippen molar-refractivity contribution < 1.29 is 10.2 Å². The Labute approximate surface area is 103 Å². The van der Waals surface area contributed by atoms with E-state index in [2.05, 4.69) is 19.1 Å². The molecule has 3 atom stereocenters. The van der Waals surface area contributed by atoms with Gasteiger partial charge in [-0.15, -0.1) is 0 Å². The van der Waals surface area contributed by atoms with Crippen LogP contribution in [0, 0.1) is 11.8 Å². The lowest BCUT2D eigenvalue weighted by molar-refractivity contribution is 0.102. The van der Waals surface area contributed by atoms with Gasteiger partial charge in [-0.05, 0) is 36.7 Å². The zero-order valence-electron chi connectivity index (χ0n) is 10.5. The first-order valence-electron chi connectivity index (χ1n) is 6.59. The third-order valence-corrected chi connectivity index (χ3v) is 4.20. The Bertz CT molecular complexity index is 349. The molecule has 0 spiro atoms. The van der Waals surface area contributed by atoms with Crippen molar-refractivity contribution in [3.63, 3.8) is 0 Å². The Morgan fingerprint density at radius 1 is 1.18 bits per heavy atom. The van der Waals surface area contributed by atoms with Gasteiger partial charge in [0.25, 0.3) is 0 Å². The standard InChI is InChI=1S/C15H22O2/c1-2-13-14(9-11-16)15(13,17)10-8-12-6-4-3-5-7-12/h3-7,13-14,16-17H,2,8-11H2,1H3/t13-,14-,15+/m0/s1. The molecule has 1 saturated carbocycles. The van der Waals surface area contributed by atoms with Crippen LogP contribution in [0.3, 0.4) is 0 Å². The quantitative estimate of drug-likeness (QED) is 0.793. The summed E-state index contributed by atoms with van der Waals surface area (Å²) in [5, 5.41) is 19.5. The monoisotopic (exact) mass is 234 g/mol. The molecule has 0 amide bonds. The topological polar surface area (TPSA) is 40.5 Å². The van der Waals surface area contributed by atoms with Crippen LogP contribution in [0.25, 0.3) is 0 Å². The molecule has 1 aromatic rings. The van der Waals surface area contributed by atoms with E-state index in [1.165, 1.54) is 5.56 Å². The van der Waals surface area contributed by atoms with Crippen LogP contribution < -0.4 is 0 Å². The Kier molecular flexibility index (Phi) is 3.85. The second kappa shape index (κ2) is 5.19. The highest BCUT2D eigenvalue weighted by atomic mass is 16.3. The Hall–Kier alpha value is -0.860. The van der Waals surface area contributed by atoms with Crippen molar-refractivity contribution in [1.29, 1.82) is 0 Å². The number of aryl methyl sites for hydroxylation is 1. The maximum absolute atomic E-state index is 10.5. The van der Waals surface area contributed by atoms with E-state index < -0.39 is 5.60 Å². The van der Waals surface area contributed by atoms with E-state index in [1.54, 1.807) is 0 Å². The lowest BCUT2D eigenvalue weighted by Crippen LogP contribution is -2.15. The lowest BCUT2D eigenvalue weighted by Gasteiger charge is -2.11. The zero-order valence-corrected chi connectivity index (χ0v) is 10.5. The number of rotatable bonds is 6. The minimum atomic E-state index is -0.521. The summed E-state index contributed by atoms with van der Waals surface area (Å²) in [6.45, 7) is 2.31. The molecule has 94 valence electrons. The van der Waals surface area contributed by atoms with E-state index in [-0.39, 0.29) is 6.61 Å². The molecule has 0 saturated heterocycles. The summed E-state index contributed by atoms with van der Waals surface area (Å²) in [5.74, 6) is 0.694. The van der Waals surface area contributed by atoms with Gasteiger partial charge in [0.1, 0.15) is 0 Å². The average molecular weight is 234 g/mol. The number of aliphatic hydroxyl groups excluding tert-OH is 1. The molecule has 0 aromatic heterocycles. The van der Waals surface area contributed by atoms with Crippen molar-refractivity contribution in [1.82, 2.24) is 0 Å². The van der Waals surface area contributed by atoms with E-state index in [0.717, 1.165) is 25.7 Å². The molecular weight excluding hydrogens is 212 g/mol. The molecule has 2 rings (SSSR count). The van der Waals surface area contributed by atoms with Crippen LogP contribution in [0.4, 0.5) is 0 Å². The van der Waals surface area contributed by atoms with Gasteiger partial charge in [-0.1, -0.05) is 43.7 Å². The highest BCUT2D eigenvalue weighted by Gasteiger charge is 2.60. The summed E-state index contributed by atoms with van der Waals surface area (Å²) in [7, 11) is 0. The fraction of sp³-hybridized carbons (Fsp3) is 0.600. The Morgan fingerprint density at radius 2 is 1.88 bits per heavy atom. The van der Waals surface area contributed by atoms with Gasteiger partial charge in [-0.3, -0.25) is 0 Å². The van der Waals surface area contributed by atoms with Crippen LogP contribution in [0.1, 0.15) is 31.7 Å². The second-order valence-corrected chi connectivity index (χ2v) is 5.11. The van der Waals surface area contributed by atoms with E-state index in [0.29, 0.717) is 11.8 Å². The van der Waals surface area contributed by atoms with Gasteiger partial charge in [0.05, 0.1) is 5.60 Å². The van der Waals surface area contributed by atoms with Gasteiger partial charge in [-0.2, -0.15) is 0 Å². The number of hydrogen-bond acceptors (Lipinski definition) is 2. The predicted octanol–water partition coefficient (Wildman–Crippen LogP) is 2.39. The van der Waals surface area contributed by atoms with Crippen LogP contribution in [-0.2, 0) is 6.42 Å². The molecule has 0 bridgehead atoms. The first kappa shape index (κ1) is 12.6. The molecule has 0 aliphatic heterocycles. The van der Waals surface area contributed by atoms with E-state index in [9.17, 15) is 5.11 Å². The van der Waals surface area contributed by atoms with Crippen molar-refractivity contribution >= 4 is 0 Å². The van der Waals surface area contributed by atoms with Gasteiger partial charge in [0.2, 0.25) is 0 Å². The van der Waals surface area contributed by atoms with Crippen molar-refractivity contribution in [3.8, 4) is 0 Å². The third-order valence-electron chi connectivity index (χ3n) is 4.20. The van der Waals surface area contributed by atoms with Gasteiger partial charge in [0, 0.05) is 6.61 Å². The van der Waals surface area contributed by atoms with Crippen molar-refractivity contribution in [2.75, 3.05) is 6.61 Å². The molecule has 1 aliphatic rings. The molecule has 2 N–H and O–H groups in total. The molecule has 0 radical (unpaired) electrons. The van der Waals surface area contributed by atoms with Crippen molar-refractivity contribution in [3.05, 3.63) is 35.9 Å². The molecule has 1 aliphatic carbocycles. The third kappa shape index (κ3) is 2.53. The molecule has 1 aromatic carbocycles. The van der Waals surface area contributed by atoms with Crippen LogP contribution in [0.2, 0.25) is 0 Å². The first-order chi connectivity index (χ1) is 8.22. The number of hydrogen-bond donors (Lipinski definition) is 2. The minimum absolute atomic E-state index is 0.189. The SMILES string of the molecule is CC[C@H]1[C@H](CCO)[C@@]1(O)CCc1ccccc1. The fourth-order valence-corrected chi connectivity index (χ4v) is 3.18. The van der Waals surface area contributed by atoms with Crippen LogP contribution in [0.15, 0.2) is 30.3 Å². The second-order valence-electron chi connectivity index (χ2n) is 5.11. The summed E-state index contributed by atoms with van der Waals surface area (Å²) in [4.78, 5) is 0. The van der Waals surface area contributed by atoms with Crippen molar-refractivity contribution in [2.24, 2.45) is 11.8 Å². The summed E-state index contributed by atoms with van der Waals surface area (Å²) in [5.41, 5.74) is 0.762. The fourth-order valence-electron chi connectivity index (χ4n) is 3.18. The molecular formula is C15H22O2. The smallest absolute Gasteiger partial charge is 0.0715 e. The Balaban J connectivity index is 1.90. The summed E-state index contributed by atoms with van der Waals surface area (Å²) in [6.07, 6.45) is 3.50. The van der Waals surface area contributed by atoms with E-state index in [1.807, 2.05) is 18.2 Å². The predicted molar refractivity (Wildman–Crippen MR) is 68.7 cm³/mol. The Morgan fingerprint density at radius 3 is 2.47 bits per heavy atom. The van der Waals surface area contributed by atoms with Crippen molar-refractivity contribution in [2.45, 2.75) is 38.2 Å². The van der Waals surface area contributed by atoms with E-state index >= 15 is 0 Å². The van der Waals surface area contributed by atoms with Gasteiger partial charge >= 0.3 is 0 Å². The maximum atomic E-state index is 10.5. The van der Waals surface area contributed by atoms with Gasteiger partial charge in [-0.25, -0.2) is 0 Å². The number of benzene rings is 1. The summed E-state index contributed by atoms with van der Waals surface area (Å²) in [6, 6.07) is 10.3. The average Bonchev–Trinajstić information content (AvgIpc) is 2.93. The van der Waals surface area contributed by atoms with Crippen LogP contribution >= 0.6 is 0 Å². The highest BCUT2D eigenvalue weighted by Crippen LogP contribution is 2.56. The maximum Gasteiger partial charge on any atom is 0.0715 e. The zero-order chi connectivity index (χ0) is 12.3. The minimum Gasteiger partial charge on any atom is -0.396 e. The van der Waals surface area contributed by atoms with Gasteiger partial charge in [0.15, 0.2) is 0 Å². The molecule has 0 heterocycles. The van der Waals surface area contributed by atoms with Crippen LogP contribution in [0.5, 0.6) is 0 Å². The largest absolute Gasteiger partial charge is 0.396 e. The lowest BCUT2D eigenvalue weighted by atomic mass is 10.0. The molecule has 2 heteroatoms. The molecule has 1 fully saturated rings. The van der Waals surface area contributed by atoms with Crippen LogP contribution in [-0.4, -0.2) is 22.4 Å². The summed E-state index contributed by atoms with van der Waals surface area (Å²) >= 11 is 0. The van der Waals surface area contributed by atoms with Gasteiger partial charge < -0.3 is 10.2 Å². The molecule has 0 unspecified atom stereocenters. The molecule has 2 nitrogen and oxygen atoms in total. The highest BCUT2D eigenvalue weighted by molar-refractivity contribution is 5.18. The molecule has 17 heavy (non-hydrogen) atoms. The normalized spacial score (nSPS) is 31.5.